The maximum Gasteiger partial charge on any atom is 0.222 e. The number of nitrogens with zero attached hydrogens (tertiary/aromatic N) is 5. The van der Waals surface area contributed by atoms with Crippen molar-refractivity contribution in [1.82, 2.24) is 24.6 Å². The molecule has 1 amide bonds. The molecule has 144 valence electrons. The molecule has 2 aromatic heterocycles. The molecule has 0 aromatic carbocycles. The highest BCUT2D eigenvalue weighted by Crippen LogP contribution is 2.39. The third kappa shape index (κ3) is 4.05. The van der Waals surface area contributed by atoms with E-state index in [1.54, 1.807) is 6.20 Å². The third-order valence-corrected chi connectivity index (χ3v) is 6.09. The maximum atomic E-state index is 12.5. The van der Waals surface area contributed by atoms with Gasteiger partial charge in [-0.2, -0.15) is 5.10 Å². The fourth-order valence-electron chi connectivity index (χ4n) is 4.78. The van der Waals surface area contributed by atoms with Crippen molar-refractivity contribution in [3.63, 3.8) is 0 Å². The summed E-state index contributed by atoms with van der Waals surface area (Å²) < 4.78 is 1.90. The number of aromatic nitrogens is 3. The van der Waals surface area contributed by atoms with Crippen molar-refractivity contribution in [3.8, 4) is 0 Å². The Kier molecular flexibility index (Phi) is 5.00. The van der Waals surface area contributed by atoms with Crippen molar-refractivity contribution in [2.24, 2.45) is 12.5 Å². The zero-order valence-electron chi connectivity index (χ0n) is 16.4. The highest BCUT2D eigenvalue weighted by Gasteiger charge is 2.41. The number of rotatable bonds is 4. The molecule has 6 heteroatoms. The third-order valence-electron chi connectivity index (χ3n) is 6.09. The Morgan fingerprint density at radius 1 is 1.22 bits per heavy atom. The highest BCUT2D eigenvalue weighted by atomic mass is 16.2. The first-order valence-corrected chi connectivity index (χ1v) is 9.91. The number of aryl methyl sites for hydroxylation is 2. The van der Waals surface area contributed by atoms with Crippen molar-refractivity contribution in [3.05, 3.63) is 47.5 Å². The van der Waals surface area contributed by atoms with Gasteiger partial charge in [0.2, 0.25) is 5.91 Å². The number of amides is 1. The normalized spacial score (nSPS) is 23.9. The molecule has 4 rings (SSSR count). The molecule has 1 atom stereocenters. The first-order chi connectivity index (χ1) is 13.0. The first kappa shape index (κ1) is 18.2. The van der Waals surface area contributed by atoms with Gasteiger partial charge in [0.15, 0.2) is 0 Å². The van der Waals surface area contributed by atoms with Crippen molar-refractivity contribution in [2.45, 2.75) is 45.7 Å². The van der Waals surface area contributed by atoms with Gasteiger partial charge in [0.1, 0.15) is 0 Å². The standard InChI is InChI=1S/C21H29N5O/c1-17-19(13-24(2)23-17)14-25-10-4-7-21(15-25)8-6-20(27)26(16-21)12-18-5-3-9-22-11-18/h3,5,9,11,13H,4,6-8,10,12,14-16H2,1-2H3/t21-/m0/s1. The fraction of sp³-hybridized carbons (Fsp3) is 0.571. The SMILES string of the molecule is Cc1nn(C)cc1CN1CCC[C@]2(CCC(=O)N(Cc3cccnc3)C2)C1. The van der Waals surface area contributed by atoms with E-state index in [1.807, 2.05) is 24.0 Å². The zero-order chi connectivity index (χ0) is 18.9. The monoisotopic (exact) mass is 367 g/mol. The predicted molar refractivity (Wildman–Crippen MR) is 104 cm³/mol. The molecule has 2 aliphatic heterocycles. The van der Waals surface area contributed by atoms with E-state index in [2.05, 4.69) is 39.1 Å². The van der Waals surface area contributed by atoms with Gasteiger partial charge < -0.3 is 4.90 Å². The number of carbonyl (C=O) groups excluding carboxylic acids is 1. The molecular weight excluding hydrogens is 338 g/mol. The molecule has 2 saturated heterocycles. The molecule has 2 aromatic rings. The molecule has 4 heterocycles. The van der Waals surface area contributed by atoms with Gasteiger partial charge in [0.25, 0.3) is 0 Å². The van der Waals surface area contributed by atoms with Gasteiger partial charge in [-0.25, -0.2) is 0 Å². The second-order valence-corrected chi connectivity index (χ2v) is 8.34. The molecule has 6 nitrogen and oxygen atoms in total. The lowest BCUT2D eigenvalue weighted by Gasteiger charge is -2.48. The van der Waals surface area contributed by atoms with Crippen LogP contribution in [0.4, 0.5) is 0 Å². The molecule has 1 spiro atoms. The largest absolute Gasteiger partial charge is 0.338 e. The van der Waals surface area contributed by atoms with Crippen molar-refractivity contribution >= 4 is 5.91 Å². The van der Waals surface area contributed by atoms with Crippen LogP contribution in [0.25, 0.3) is 0 Å². The van der Waals surface area contributed by atoms with Crippen LogP contribution < -0.4 is 0 Å². The highest BCUT2D eigenvalue weighted by molar-refractivity contribution is 5.77. The predicted octanol–water partition coefficient (Wildman–Crippen LogP) is 2.53. The minimum absolute atomic E-state index is 0.227. The lowest BCUT2D eigenvalue weighted by Crippen LogP contribution is -2.53. The van der Waals surface area contributed by atoms with Gasteiger partial charge in [-0.1, -0.05) is 6.07 Å². The number of hydrogen-bond acceptors (Lipinski definition) is 4. The smallest absolute Gasteiger partial charge is 0.222 e. The second-order valence-electron chi connectivity index (χ2n) is 8.34. The molecule has 0 saturated carbocycles. The fourth-order valence-corrected chi connectivity index (χ4v) is 4.78. The van der Waals surface area contributed by atoms with Crippen molar-refractivity contribution < 1.29 is 4.79 Å². The summed E-state index contributed by atoms with van der Waals surface area (Å²) in [6.45, 7) is 6.78. The molecule has 27 heavy (non-hydrogen) atoms. The average Bonchev–Trinajstić information content (AvgIpc) is 2.96. The van der Waals surface area contributed by atoms with Gasteiger partial charge in [-0.15, -0.1) is 0 Å². The Morgan fingerprint density at radius 3 is 2.85 bits per heavy atom. The van der Waals surface area contributed by atoms with Crippen LogP contribution in [0, 0.1) is 12.3 Å². The summed E-state index contributed by atoms with van der Waals surface area (Å²) in [5.74, 6) is 0.282. The van der Waals surface area contributed by atoms with Crippen molar-refractivity contribution in [1.29, 1.82) is 0 Å². The van der Waals surface area contributed by atoms with E-state index < -0.39 is 0 Å². The Morgan fingerprint density at radius 2 is 2.11 bits per heavy atom. The summed E-state index contributed by atoms with van der Waals surface area (Å²) in [4.78, 5) is 21.3. The Bertz CT molecular complexity index is 802. The molecule has 0 aliphatic carbocycles. The number of pyridine rings is 1. The molecule has 2 fully saturated rings. The van der Waals surface area contributed by atoms with Gasteiger partial charge in [0, 0.05) is 69.2 Å². The van der Waals surface area contributed by atoms with E-state index in [-0.39, 0.29) is 11.3 Å². The molecule has 0 bridgehead atoms. The zero-order valence-corrected chi connectivity index (χ0v) is 16.4. The number of likely N-dealkylation sites (tertiary alicyclic amines) is 2. The van der Waals surface area contributed by atoms with Gasteiger partial charge in [-0.05, 0) is 44.4 Å². The molecule has 0 radical (unpaired) electrons. The Labute approximate surface area is 161 Å². The number of piperidine rings is 2. The van der Waals surface area contributed by atoms with Crippen LogP contribution in [0.15, 0.2) is 30.7 Å². The summed E-state index contributed by atoms with van der Waals surface area (Å²) in [5, 5.41) is 4.48. The number of carbonyl (C=O) groups is 1. The van der Waals surface area contributed by atoms with Crippen LogP contribution >= 0.6 is 0 Å². The van der Waals surface area contributed by atoms with Crippen LogP contribution in [0.5, 0.6) is 0 Å². The number of hydrogen-bond donors (Lipinski definition) is 0. The summed E-state index contributed by atoms with van der Waals surface area (Å²) in [7, 11) is 1.98. The van der Waals surface area contributed by atoms with E-state index >= 15 is 0 Å². The van der Waals surface area contributed by atoms with E-state index in [1.165, 1.54) is 18.4 Å². The van der Waals surface area contributed by atoms with Gasteiger partial charge in [-0.3, -0.25) is 19.4 Å². The van der Waals surface area contributed by atoms with E-state index in [9.17, 15) is 4.79 Å². The Balaban J connectivity index is 1.45. The maximum absolute atomic E-state index is 12.5. The Hall–Kier alpha value is -2.21. The molecule has 0 unspecified atom stereocenters. The minimum atomic E-state index is 0.227. The van der Waals surface area contributed by atoms with Crippen LogP contribution in [0.1, 0.15) is 42.5 Å². The topological polar surface area (TPSA) is 54.3 Å². The molecule has 0 N–H and O–H groups in total. The van der Waals surface area contributed by atoms with Crippen LogP contribution in [-0.4, -0.2) is 50.1 Å². The first-order valence-electron chi connectivity index (χ1n) is 9.91. The van der Waals surface area contributed by atoms with Crippen LogP contribution in [-0.2, 0) is 24.9 Å². The molecule has 2 aliphatic rings. The van der Waals surface area contributed by atoms with Crippen molar-refractivity contribution in [2.75, 3.05) is 19.6 Å². The average molecular weight is 367 g/mol. The second kappa shape index (κ2) is 7.43. The summed E-state index contributed by atoms with van der Waals surface area (Å²) >= 11 is 0. The summed E-state index contributed by atoms with van der Waals surface area (Å²) in [5.41, 5.74) is 3.77. The lowest BCUT2D eigenvalue weighted by atomic mass is 9.73. The van der Waals surface area contributed by atoms with E-state index in [4.69, 9.17) is 0 Å². The van der Waals surface area contributed by atoms with Gasteiger partial charge >= 0.3 is 0 Å². The van der Waals surface area contributed by atoms with Crippen LogP contribution in [0.2, 0.25) is 0 Å². The lowest BCUT2D eigenvalue weighted by molar-refractivity contribution is -0.140. The summed E-state index contributed by atoms with van der Waals surface area (Å²) in [6, 6.07) is 4.00. The quantitative estimate of drug-likeness (QED) is 0.833. The molecular formula is C21H29N5O. The summed E-state index contributed by atoms with van der Waals surface area (Å²) in [6.07, 6.45) is 9.88. The van der Waals surface area contributed by atoms with Gasteiger partial charge in [0.05, 0.1) is 5.69 Å². The van der Waals surface area contributed by atoms with E-state index in [0.717, 1.165) is 43.9 Å². The van der Waals surface area contributed by atoms with Crippen LogP contribution in [0.3, 0.4) is 0 Å². The minimum Gasteiger partial charge on any atom is -0.338 e. The van der Waals surface area contributed by atoms with E-state index in [0.29, 0.717) is 13.0 Å².